The average Bonchev–Trinajstić information content (AvgIpc) is 3.36. The maximum atomic E-state index is 16.7. The molecule has 214 valence electrons. The van der Waals surface area contributed by atoms with Crippen LogP contribution in [0.3, 0.4) is 0 Å². The number of ketones is 2. The van der Waals surface area contributed by atoms with Crippen molar-refractivity contribution in [1.29, 1.82) is 0 Å². The minimum Gasteiger partial charge on any atom is -0.396 e. The third kappa shape index (κ3) is 3.29. The van der Waals surface area contributed by atoms with Crippen molar-refractivity contribution in [3.05, 3.63) is 46.5 Å². The highest BCUT2D eigenvalue weighted by Gasteiger charge is 2.78. The van der Waals surface area contributed by atoms with E-state index in [1.54, 1.807) is 37.4 Å². The molecule has 5 aliphatic carbocycles. The second kappa shape index (κ2) is 9.02. The van der Waals surface area contributed by atoms with Crippen molar-refractivity contribution < 1.29 is 28.4 Å². The van der Waals surface area contributed by atoms with E-state index in [2.05, 4.69) is 6.92 Å². The van der Waals surface area contributed by atoms with Gasteiger partial charge in [-0.1, -0.05) is 31.6 Å². The summed E-state index contributed by atoms with van der Waals surface area (Å²) in [6.07, 6.45) is 4.46. The number of aliphatic hydroxyl groups is 1. The molecule has 4 bridgehead atoms. The normalized spacial score (nSPS) is 35.8. The number of imide groups is 1. The van der Waals surface area contributed by atoms with Crippen molar-refractivity contribution in [2.24, 2.45) is 28.1 Å². The number of halogens is 1. The molecule has 0 saturated heterocycles. The summed E-state index contributed by atoms with van der Waals surface area (Å²) in [6.45, 7) is 7.41. The molecule has 2 amide bonds. The Morgan fingerprint density at radius 3 is 2.30 bits per heavy atom. The van der Waals surface area contributed by atoms with Gasteiger partial charge in [0, 0.05) is 30.6 Å². The summed E-state index contributed by atoms with van der Waals surface area (Å²) in [5, 5.41) is 9.95. The highest BCUT2D eigenvalue weighted by molar-refractivity contribution is 6.72. The number of Topliss-reactive ketones (excluding diaryl/α,β-unsaturated/α-hetero) is 2. The smallest absolute Gasteiger partial charge is 0.261 e. The molecule has 6 nitrogen and oxygen atoms in total. The SMILES string of the molecule is C[C@H](CN1C(=O)c2ccccc2C1=O)[C@]12CC[C@@]3(C)[C@H](CCC4=C(C(=O)CC4)[C@@]3(CCCO)C1=O)[C@H]2[Si](C)(C)F. The van der Waals surface area contributed by atoms with Crippen molar-refractivity contribution >= 4 is 31.8 Å². The van der Waals surface area contributed by atoms with Crippen LogP contribution in [0.4, 0.5) is 4.11 Å². The number of carbonyl (C=O) groups is 4. The minimum absolute atomic E-state index is 0.0344. The molecule has 3 saturated carbocycles. The summed E-state index contributed by atoms with van der Waals surface area (Å²) in [5.41, 5.74) is -0.757. The molecule has 1 aliphatic heterocycles. The first-order valence-corrected chi connectivity index (χ1v) is 17.9. The maximum Gasteiger partial charge on any atom is 0.261 e. The van der Waals surface area contributed by atoms with Crippen molar-refractivity contribution in [3.8, 4) is 0 Å². The number of allylic oxidation sites excluding steroid dienone is 2. The van der Waals surface area contributed by atoms with Crippen LogP contribution >= 0.6 is 0 Å². The zero-order chi connectivity index (χ0) is 28.8. The summed E-state index contributed by atoms with van der Waals surface area (Å²) < 4.78 is 16.7. The summed E-state index contributed by atoms with van der Waals surface area (Å²) in [5.74, 6) is -1.34. The third-order valence-corrected chi connectivity index (χ3v) is 14.1. The van der Waals surface area contributed by atoms with Crippen LogP contribution in [0.15, 0.2) is 35.4 Å². The van der Waals surface area contributed by atoms with Gasteiger partial charge >= 0.3 is 0 Å². The Labute approximate surface area is 236 Å². The van der Waals surface area contributed by atoms with E-state index < -0.39 is 36.1 Å². The summed E-state index contributed by atoms with van der Waals surface area (Å²) in [6, 6.07) is 6.76. The standard InChI is InChI=1S/C32H40FNO5Si/c1-19(18-34-27(37)21-8-5-6-9-22(21)28(34)38)31-16-15-30(2)23(26(31)40(3,4)33)12-10-20-11-13-24(36)25(20)32(30,29(31)39)14-7-17-35/h5-6,8-9,19,23,26,35H,7,10-18H2,1-4H3/t19-,23-,26-,30+,31+,32+/m1/s1. The number of carbonyl (C=O) groups excluding carboxylic acids is 4. The number of hydrogen-bond acceptors (Lipinski definition) is 5. The summed E-state index contributed by atoms with van der Waals surface area (Å²) >= 11 is 0. The molecule has 7 rings (SSSR count). The Hall–Kier alpha value is -2.45. The van der Waals surface area contributed by atoms with Gasteiger partial charge in [0.1, 0.15) is 0 Å². The number of aliphatic hydroxyl groups excluding tert-OH is 1. The van der Waals surface area contributed by atoms with Gasteiger partial charge in [0.2, 0.25) is 8.41 Å². The molecule has 3 fully saturated rings. The van der Waals surface area contributed by atoms with Crippen LogP contribution in [0.1, 0.15) is 85.9 Å². The molecular formula is C32H40FNO5Si. The number of hydrogen-bond donors (Lipinski definition) is 1. The summed E-state index contributed by atoms with van der Waals surface area (Å²) in [4.78, 5) is 57.0. The topological polar surface area (TPSA) is 91.8 Å². The third-order valence-electron chi connectivity index (χ3n) is 11.8. The highest BCUT2D eigenvalue weighted by atomic mass is 28.4. The predicted molar refractivity (Wildman–Crippen MR) is 151 cm³/mol. The second-order valence-electron chi connectivity index (χ2n) is 13.8. The van der Waals surface area contributed by atoms with Crippen LogP contribution in [0.25, 0.3) is 0 Å². The molecule has 0 spiro atoms. The fourth-order valence-corrected chi connectivity index (χ4v) is 13.5. The van der Waals surface area contributed by atoms with Crippen LogP contribution in [-0.4, -0.2) is 54.9 Å². The quantitative estimate of drug-likeness (QED) is 0.262. The van der Waals surface area contributed by atoms with E-state index in [9.17, 15) is 19.5 Å². The lowest BCUT2D eigenvalue weighted by Crippen LogP contribution is -2.72. The van der Waals surface area contributed by atoms with E-state index in [-0.39, 0.29) is 42.5 Å². The monoisotopic (exact) mass is 565 g/mol. The first-order chi connectivity index (χ1) is 18.9. The van der Waals surface area contributed by atoms with Gasteiger partial charge in [0.15, 0.2) is 11.6 Å². The molecule has 40 heavy (non-hydrogen) atoms. The maximum absolute atomic E-state index is 16.7. The molecule has 1 N–H and O–H groups in total. The van der Waals surface area contributed by atoms with Gasteiger partial charge < -0.3 is 9.21 Å². The average molecular weight is 566 g/mol. The van der Waals surface area contributed by atoms with E-state index in [0.717, 1.165) is 12.0 Å². The van der Waals surface area contributed by atoms with Crippen LogP contribution in [-0.2, 0) is 9.59 Å². The Morgan fingerprint density at radius 2 is 1.70 bits per heavy atom. The second-order valence-corrected chi connectivity index (χ2v) is 17.5. The largest absolute Gasteiger partial charge is 0.396 e. The van der Waals surface area contributed by atoms with Gasteiger partial charge in [-0.15, -0.1) is 0 Å². The van der Waals surface area contributed by atoms with Gasteiger partial charge in [0.05, 0.1) is 16.5 Å². The molecule has 1 aromatic carbocycles. The van der Waals surface area contributed by atoms with Crippen molar-refractivity contribution in [1.82, 2.24) is 4.90 Å². The molecule has 1 aromatic rings. The van der Waals surface area contributed by atoms with E-state index in [0.29, 0.717) is 61.6 Å². The van der Waals surface area contributed by atoms with Crippen molar-refractivity contribution in [2.45, 2.75) is 83.8 Å². The predicted octanol–water partition coefficient (Wildman–Crippen LogP) is 5.66. The lowest BCUT2D eigenvalue weighted by molar-refractivity contribution is -0.188. The Balaban J connectivity index is 1.52. The number of nitrogens with zero attached hydrogens (tertiary/aromatic N) is 1. The Kier molecular flexibility index (Phi) is 6.25. The Morgan fingerprint density at radius 1 is 1.05 bits per heavy atom. The van der Waals surface area contributed by atoms with Crippen LogP contribution < -0.4 is 0 Å². The lowest BCUT2D eigenvalue weighted by atomic mass is 9.35. The van der Waals surface area contributed by atoms with Gasteiger partial charge in [-0.05, 0) is 93.0 Å². The van der Waals surface area contributed by atoms with E-state index in [4.69, 9.17) is 0 Å². The number of rotatable bonds is 7. The molecule has 0 radical (unpaired) electrons. The van der Waals surface area contributed by atoms with Crippen LogP contribution in [0.5, 0.6) is 0 Å². The zero-order valence-corrected chi connectivity index (χ0v) is 25.0. The van der Waals surface area contributed by atoms with Gasteiger partial charge in [-0.2, -0.15) is 0 Å². The lowest BCUT2D eigenvalue weighted by Gasteiger charge is -2.71. The molecule has 1 heterocycles. The highest BCUT2D eigenvalue weighted by Crippen LogP contribution is 2.78. The molecule has 0 unspecified atom stereocenters. The van der Waals surface area contributed by atoms with Gasteiger partial charge in [-0.25, -0.2) is 0 Å². The van der Waals surface area contributed by atoms with Crippen LogP contribution in [0, 0.1) is 28.1 Å². The molecule has 6 atom stereocenters. The Bertz CT molecular complexity index is 1330. The number of fused-ring (bicyclic) bond motifs is 2. The molecular weight excluding hydrogens is 525 g/mol. The van der Waals surface area contributed by atoms with Crippen LogP contribution in [0.2, 0.25) is 18.6 Å². The van der Waals surface area contributed by atoms with E-state index in [1.165, 1.54) is 4.90 Å². The molecule has 0 aromatic heterocycles. The first kappa shape index (κ1) is 27.7. The number of amides is 2. The zero-order valence-electron chi connectivity index (χ0n) is 24.0. The van der Waals surface area contributed by atoms with E-state index >= 15 is 8.90 Å². The number of benzene rings is 1. The molecule has 8 heteroatoms. The molecule has 6 aliphatic rings. The van der Waals surface area contributed by atoms with Gasteiger partial charge in [-0.3, -0.25) is 24.1 Å². The summed E-state index contributed by atoms with van der Waals surface area (Å²) in [7, 11) is -3.47. The van der Waals surface area contributed by atoms with Gasteiger partial charge in [0.25, 0.3) is 11.8 Å². The minimum atomic E-state index is -3.47. The first-order valence-electron chi connectivity index (χ1n) is 14.9. The van der Waals surface area contributed by atoms with E-state index in [1.807, 2.05) is 6.92 Å². The van der Waals surface area contributed by atoms with Crippen molar-refractivity contribution in [3.63, 3.8) is 0 Å². The fraction of sp³-hybridized carbons (Fsp3) is 0.625. The van der Waals surface area contributed by atoms with Crippen molar-refractivity contribution in [2.75, 3.05) is 13.2 Å². The fourth-order valence-electron chi connectivity index (χ4n) is 10.3.